The minimum atomic E-state index is -0.184. The van der Waals surface area contributed by atoms with Gasteiger partial charge in [0.25, 0.3) is 5.91 Å². The van der Waals surface area contributed by atoms with E-state index in [0.29, 0.717) is 17.0 Å². The van der Waals surface area contributed by atoms with Gasteiger partial charge in [0.15, 0.2) is 0 Å². The maximum atomic E-state index is 12.1. The Labute approximate surface area is 113 Å². The maximum Gasteiger partial charge on any atom is 0.253 e. The van der Waals surface area contributed by atoms with Crippen LogP contribution in [0.1, 0.15) is 36.2 Å². The Kier molecular flexibility index (Phi) is 5.63. The van der Waals surface area contributed by atoms with E-state index < -0.39 is 0 Å². The standard InChI is InChI=1S/C14H20ClNO2/c1-9(2)12(7-8-17)16-14(18)11-6-4-5-10(3)13(11)15/h4-6,9,12,17H,7-8H2,1-3H3,(H,16,18). The van der Waals surface area contributed by atoms with Crippen LogP contribution in [0.5, 0.6) is 0 Å². The summed E-state index contributed by atoms with van der Waals surface area (Å²) in [5.41, 5.74) is 1.37. The van der Waals surface area contributed by atoms with Crippen molar-refractivity contribution in [3.05, 3.63) is 34.3 Å². The summed E-state index contributed by atoms with van der Waals surface area (Å²) in [4.78, 5) is 12.1. The number of hydrogen-bond donors (Lipinski definition) is 2. The Balaban J connectivity index is 2.84. The molecule has 0 aliphatic heterocycles. The lowest BCUT2D eigenvalue weighted by Gasteiger charge is -2.22. The van der Waals surface area contributed by atoms with Crippen molar-refractivity contribution in [2.75, 3.05) is 6.61 Å². The van der Waals surface area contributed by atoms with Crippen molar-refractivity contribution in [1.29, 1.82) is 0 Å². The summed E-state index contributed by atoms with van der Waals surface area (Å²) in [5, 5.41) is 12.4. The topological polar surface area (TPSA) is 49.3 Å². The summed E-state index contributed by atoms with van der Waals surface area (Å²) < 4.78 is 0. The van der Waals surface area contributed by atoms with E-state index in [1.807, 2.05) is 32.9 Å². The Morgan fingerprint density at radius 2 is 2.11 bits per heavy atom. The summed E-state index contributed by atoms with van der Waals surface area (Å²) >= 11 is 6.12. The Morgan fingerprint density at radius 1 is 1.44 bits per heavy atom. The van der Waals surface area contributed by atoms with Crippen molar-refractivity contribution < 1.29 is 9.90 Å². The van der Waals surface area contributed by atoms with E-state index in [0.717, 1.165) is 5.56 Å². The number of carbonyl (C=O) groups excluding carboxylic acids is 1. The molecule has 0 aromatic heterocycles. The highest BCUT2D eigenvalue weighted by Gasteiger charge is 2.18. The number of hydrogen-bond acceptors (Lipinski definition) is 2. The lowest BCUT2D eigenvalue weighted by molar-refractivity contribution is 0.0916. The van der Waals surface area contributed by atoms with E-state index in [9.17, 15) is 4.79 Å². The van der Waals surface area contributed by atoms with E-state index >= 15 is 0 Å². The summed E-state index contributed by atoms with van der Waals surface area (Å²) in [6.45, 7) is 5.95. The fourth-order valence-electron chi connectivity index (χ4n) is 1.78. The van der Waals surface area contributed by atoms with Gasteiger partial charge in [-0.1, -0.05) is 37.6 Å². The molecule has 0 fully saturated rings. The lowest BCUT2D eigenvalue weighted by Crippen LogP contribution is -2.39. The molecule has 0 heterocycles. The van der Waals surface area contributed by atoms with E-state index in [1.165, 1.54) is 0 Å². The number of aliphatic hydroxyl groups is 1. The number of aryl methyl sites for hydroxylation is 1. The van der Waals surface area contributed by atoms with Crippen LogP contribution in [0.4, 0.5) is 0 Å². The van der Waals surface area contributed by atoms with Crippen LogP contribution in [0.15, 0.2) is 18.2 Å². The number of amides is 1. The van der Waals surface area contributed by atoms with Crippen LogP contribution in [0.25, 0.3) is 0 Å². The normalized spacial score (nSPS) is 12.6. The molecule has 1 atom stereocenters. The molecule has 0 aliphatic rings. The van der Waals surface area contributed by atoms with Crippen molar-refractivity contribution in [1.82, 2.24) is 5.32 Å². The molecular formula is C14H20ClNO2. The van der Waals surface area contributed by atoms with Crippen molar-refractivity contribution >= 4 is 17.5 Å². The van der Waals surface area contributed by atoms with Crippen LogP contribution in [-0.4, -0.2) is 23.7 Å². The van der Waals surface area contributed by atoms with Gasteiger partial charge in [0.2, 0.25) is 0 Å². The quantitative estimate of drug-likeness (QED) is 0.864. The molecule has 1 rings (SSSR count). The largest absolute Gasteiger partial charge is 0.396 e. The minimum Gasteiger partial charge on any atom is -0.396 e. The van der Waals surface area contributed by atoms with Gasteiger partial charge in [0, 0.05) is 12.6 Å². The average Bonchev–Trinajstić information content (AvgIpc) is 2.31. The van der Waals surface area contributed by atoms with E-state index in [2.05, 4.69) is 5.32 Å². The second-order valence-electron chi connectivity index (χ2n) is 4.77. The highest BCUT2D eigenvalue weighted by molar-refractivity contribution is 6.34. The summed E-state index contributed by atoms with van der Waals surface area (Å²) in [6.07, 6.45) is 0.548. The Hall–Kier alpha value is -1.06. The third-order valence-electron chi connectivity index (χ3n) is 3.00. The van der Waals surface area contributed by atoms with Crippen LogP contribution < -0.4 is 5.32 Å². The predicted molar refractivity (Wildman–Crippen MR) is 74.0 cm³/mol. The van der Waals surface area contributed by atoms with Crippen LogP contribution in [0.3, 0.4) is 0 Å². The van der Waals surface area contributed by atoms with E-state index in [1.54, 1.807) is 6.07 Å². The van der Waals surface area contributed by atoms with Crippen molar-refractivity contribution in [2.24, 2.45) is 5.92 Å². The molecule has 1 amide bonds. The number of nitrogens with one attached hydrogen (secondary N) is 1. The molecule has 4 heteroatoms. The first-order valence-electron chi connectivity index (χ1n) is 6.14. The SMILES string of the molecule is Cc1cccc(C(=O)NC(CCO)C(C)C)c1Cl. The monoisotopic (exact) mass is 269 g/mol. The van der Waals surface area contributed by atoms with Gasteiger partial charge in [-0.3, -0.25) is 4.79 Å². The Bertz CT molecular complexity index is 418. The third kappa shape index (κ3) is 3.72. The number of benzene rings is 1. The van der Waals surface area contributed by atoms with Gasteiger partial charge >= 0.3 is 0 Å². The zero-order valence-electron chi connectivity index (χ0n) is 11.0. The van der Waals surface area contributed by atoms with Gasteiger partial charge in [0.05, 0.1) is 10.6 Å². The van der Waals surface area contributed by atoms with Crippen LogP contribution >= 0.6 is 11.6 Å². The molecule has 3 nitrogen and oxygen atoms in total. The molecule has 0 saturated carbocycles. The molecule has 0 saturated heterocycles. The lowest BCUT2D eigenvalue weighted by atomic mass is 10.0. The molecular weight excluding hydrogens is 250 g/mol. The molecule has 0 aliphatic carbocycles. The van der Waals surface area contributed by atoms with Gasteiger partial charge in [-0.25, -0.2) is 0 Å². The molecule has 0 spiro atoms. The molecule has 1 aromatic carbocycles. The molecule has 1 unspecified atom stereocenters. The van der Waals surface area contributed by atoms with Crippen molar-refractivity contribution in [3.63, 3.8) is 0 Å². The molecule has 2 N–H and O–H groups in total. The minimum absolute atomic E-state index is 0.0425. The van der Waals surface area contributed by atoms with Crippen LogP contribution in [-0.2, 0) is 0 Å². The zero-order chi connectivity index (χ0) is 13.7. The molecule has 0 bridgehead atoms. The number of carbonyl (C=O) groups is 1. The first kappa shape index (κ1) is 15.0. The zero-order valence-corrected chi connectivity index (χ0v) is 11.8. The number of rotatable bonds is 5. The van der Waals surface area contributed by atoms with E-state index in [-0.39, 0.29) is 24.5 Å². The fraction of sp³-hybridized carbons (Fsp3) is 0.500. The highest BCUT2D eigenvalue weighted by Crippen LogP contribution is 2.20. The smallest absolute Gasteiger partial charge is 0.253 e. The Morgan fingerprint density at radius 3 is 2.67 bits per heavy atom. The summed E-state index contributed by atoms with van der Waals surface area (Å²) in [5.74, 6) is 0.0838. The van der Waals surface area contributed by atoms with Crippen molar-refractivity contribution in [2.45, 2.75) is 33.2 Å². The maximum absolute atomic E-state index is 12.1. The summed E-state index contributed by atoms with van der Waals surface area (Å²) in [6, 6.07) is 5.35. The molecule has 0 radical (unpaired) electrons. The first-order chi connectivity index (χ1) is 8.47. The highest BCUT2D eigenvalue weighted by atomic mass is 35.5. The van der Waals surface area contributed by atoms with E-state index in [4.69, 9.17) is 16.7 Å². The van der Waals surface area contributed by atoms with Gasteiger partial charge in [0.1, 0.15) is 0 Å². The third-order valence-corrected chi connectivity index (χ3v) is 3.50. The van der Waals surface area contributed by atoms with Crippen LogP contribution in [0.2, 0.25) is 5.02 Å². The van der Waals surface area contributed by atoms with Gasteiger partial charge in [-0.15, -0.1) is 0 Å². The number of aliphatic hydroxyl groups excluding tert-OH is 1. The summed E-state index contributed by atoms with van der Waals surface area (Å²) in [7, 11) is 0. The van der Waals surface area contributed by atoms with Gasteiger partial charge in [-0.2, -0.15) is 0 Å². The molecule has 18 heavy (non-hydrogen) atoms. The first-order valence-corrected chi connectivity index (χ1v) is 6.52. The van der Waals surface area contributed by atoms with Crippen LogP contribution in [0, 0.1) is 12.8 Å². The average molecular weight is 270 g/mol. The second kappa shape index (κ2) is 6.76. The van der Waals surface area contributed by atoms with Gasteiger partial charge in [-0.05, 0) is 30.9 Å². The second-order valence-corrected chi connectivity index (χ2v) is 5.15. The predicted octanol–water partition coefficient (Wildman–Crippen LogP) is 2.79. The molecule has 1 aromatic rings. The number of halogens is 1. The van der Waals surface area contributed by atoms with Gasteiger partial charge < -0.3 is 10.4 Å². The van der Waals surface area contributed by atoms with Crippen molar-refractivity contribution in [3.8, 4) is 0 Å². The molecule has 100 valence electrons. The fourth-order valence-corrected chi connectivity index (χ4v) is 1.99.